The van der Waals surface area contributed by atoms with E-state index < -0.39 is 0 Å². The molecule has 3 rings (SSSR count). The summed E-state index contributed by atoms with van der Waals surface area (Å²) in [6.45, 7) is 4.54. The summed E-state index contributed by atoms with van der Waals surface area (Å²) in [4.78, 5) is 24.5. The quantitative estimate of drug-likeness (QED) is 0.684. The third-order valence-corrected chi connectivity index (χ3v) is 3.88. The molecular weight excluding hydrogens is 334 g/mol. The standard InChI is InChI=1S/C19H21N3O4/c1-11-7-13(8-12(2)20-11)18-21-15-9-14(25-4)10-16(26-6-5-24-3)17(15)19(23)22-18/h7-10H,5-6H2,1-4H3,(H,21,22,23). The number of hydrogen-bond donors (Lipinski definition) is 1. The van der Waals surface area contributed by atoms with Crippen molar-refractivity contribution in [1.29, 1.82) is 0 Å². The van der Waals surface area contributed by atoms with Gasteiger partial charge >= 0.3 is 0 Å². The van der Waals surface area contributed by atoms with E-state index in [4.69, 9.17) is 14.2 Å². The molecule has 0 aliphatic rings. The van der Waals surface area contributed by atoms with Gasteiger partial charge in [0.25, 0.3) is 5.56 Å². The molecule has 1 aromatic carbocycles. The van der Waals surface area contributed by atoms with E-state index in [2.05, 4.69) is 15.0 Å². The van der Waals surface area contributed by atoms with Crippen molar-refractivity contribution >= 4 is 10.9 Å². The minimum absolute atomic E-state index is 0.271. The second-order valence-electron chi connectivity index (χ2n) is 5.91. The molecule has 7 nitrogen and oxygen atoms in total. The lowest BCUT2D eigenvalue weighted by atomic mass is 10.1. The Morgan fingerprint density at radius 2 is 1.73 bits per heavy atom. The van der Waals surface area contributed by atoms with Crippen LogP contribution in [-0.2, 0) is 4.74 Å². The summed E-state index contributed by atoms with van der Waals surface area (Å²) in [7, 11) is 3.15. The summed E-state index contributed by atoms with van der Waals surface area (Å²) >= 11 is 0. The number of fused-ring (bicyclic) bond motifs is 1. The van der Waals surface area contributed by atoms with Gasteiger partial charge in [0, 0.05) is 36.2 Å². The van der Waals surface area contributed by atoms with Gasteiger partial charge in [0.2, 0.25) is 0 Å². The van der Waals surface area contributed by atoms with E-state index >= 15 is 0 Å². The monoisotopic (exact) mass is 355 g/mol. The number of aromatic amines is 1. The Hall–Kier alpha value is -2.93. The largest absolute Gasteiger partial charge is 0.497 e. The highest BCUT2D eigenvalue weighted by Gasteiger charge is 2.14. The Kier molecular flexibility index (Phi) is 5.18. The number of methoxy groups -OCH3 is 2. The zero-order valence-corrected chi connectivity index (χ0v) is 15.3. The first-order chi connectivity index (χ1) is 12.5. The van der Waals surface area contributed by atoms with E-state index in [-0.39, 0.29) is 5.56 Å². The second kappa shape index (κ2) is 7.53. The number of nitrogens with one attached hydrogen (secondary N) is 1. The van der Waals surface area contributed by atoms with E-state index in [9.17, 15) is 4.79 Å². The topological polar surface area (TPSA) is 86.3 Å². The molecule has 0 saturated carbocycles. The Balaban J connectivity index is 2.17. The highest BCUT2D eigenvalue weighted by molar-refractivity contribution is 5.87. The maximum Gasteiger partial charge on any atom is 0.262 e. The normalized spacial score (nSPS) is 10.9. The molecular formula is C19H21N3O4. The molecule has 0 saturated heterocycles. The van der Waals surface area contributed by atoms with Crippen LogP contribution in [0.25, 0.3) is 22.3 Å². The minimum Gasteiger partial charge on any atom is -0.497 e. The van der Waals surface area contributed by atoms with Crippen molar-refractivity contribution in [2.75, 3.05) is 27.4 Å². The molecule has 0 fully saturated rings. The van der Waals surface area contributed by atoms with Crippen molar-refractivity contribution in [3.63, 3.8) is 0 Å². The maximum absolute atomic E-state index is 12.7. The van der Waals surface area contributed by atoms with E-state index in [0.29, 0.717) is 41.4 Å². The summed E-state index contributed by atoms with van der Waals surface area (Å²) in [6.07, 6.45) is 0. The zero-order valence-electron chi connectivity index (χ0n) is 15.3. The molecule has 0 unspecified atom stereocenters. The molecule has 0 atom stereocenters. The van der Waals surface area contributed by atoms with Gasteiger partial charge in [0.05, 0.1) is 19.2 Å². The van der Waals surface area contributed by atoms with Crippen molar-refractivity contribution < 1.29 is 14.2 Å². The number of ether oxygens (including phenoxy) is 3. The molecule has 0 aliphatic carbocycles. The number of hydrogen-bond acceptors (Lipinski definition) is 6. The van der Waals surface area contributed by atoms with Crippen LogP contribution >= 0.6 is 0 Å². The molecule has 0 spiro atoms. The third-order valence-electron chi connectivity index (χ3n) is 3.88. The Morgan fingerprint density at radius 1 is 1.00 bits per heavy atom. The molecule has 0 amide bonds. The lowest BCUT2D eigenvalue weighted by Gasteiger charge is -2.12. The van der Waals surface area contributed by atoms with Crippen molar-refractivity contribution in [3.05, 3.63) is 46.0 Å². The van der Waals surface area contributed by atoms with Crippen LogP contribution in [0.15, 0.2) is 29.1 Å². The Bertz CT molecular complexity index is 978. The molecule has 7 heteroatoms. The van der Waals surface area contributed by atoms with Crippen LogP contribution in [0.3, 0.4) is 0 Å². The number of H-pyrrole nitrogens is 1. The molecule has 2 aromatic heterocycles. The lowest BCUT2D eigenvalue weighted by Crippen LogP contribution is -2.13. The van der Waals surface area contributed by atoms with Crippen molar-refractivity contribution in [2.24, 2.45) is 0 Å². The fourth-order valence-corrected chi connectivity index (χ4v) is 2.79. The van der Waals surface area contributed by atoms with Crippen LogP contribution in [0.2, 0.25) is 0 Å². The molecule has 0 bridgehead atoms. The first kappa shape index (κ1) is 17.9. The highest BCUT2D eigenvalue weighted by Crippen LogP contribution is 2.29. The first-order valence-electron chi connectivity index (χ1n) is 8.21. The van der Waals surface area contributed by atoms with Gasteiger partial charge in [-0.05, 0) is 26.0 Å². The third kappa shape index (κ3) is 3.67. The fraction of sp³-hybridized carbons (Fsp3) is 0.316. The van der Waals surface area contributed by atoms with Gasteiger partial charge in [0.15, 0.2) is 0 Å². The van der Waals surface area contributed by atoms with Gasteiger partial charge in [0.1, 0.15) is 29.3 Å². The molecule has 0 aliphatic heterocycles. The van der Waals surface area contributed by atoms with Crippen molar-refractivity contribution in [3.8, 4) is 22.9 Å². The fourth-order valence-electron chi connectivity index (χ4n) is 2.79. The van der Waals surface area contributed by atoms with Gasteiger partial charge in [-0.25, -0.2) is 4.98 Å². The first-order valence-corrected chi connectivity index (χ1v) is 8.21. The summed E-state index contributed by atoms with van der Waals surface area (Å²) < 4.78 is 16.0. The van der Waals surface area contributed by atoms with Gasteiger partial charge in [-0.15, -0.1) is 0 Å². The van der Waals surface area contributed by atoms with E-state index in [0.717, 1.165) is 17.0 Å². The van der Waals surface area contributed by atoms with Crippen LogP contribution < -0.4 is 15.0 Å². The van der Waals surface area contributed by atoms with E-state index in [1.165, 1.54) is 0 Å². The minimum atomic E-state index is -0.271. The smallest absolute Gasteiger partial charge is 0.262 e. The Labute approximate surface area is 151 Å². The van der Waals surface area contributed by atoms with Gasteiger partial charge in [-0.1, -0.05) is 0 Å². The summed E-state index contributed by atoms with van der Waals surface area (Å²) in [5, 5.41) is 0.383. The number of nitrogens with zero attached hydrogens (tertiary/aromatic N) is 2. The molecule has 3 aromatic rings. The highest BCUT2D eigenvalue weighted by atomic mass is 16.5. The number of aryl methyl sites for hydroxylation is 2. The molecule has 2 heterocycles. The van der Waals surface area contributed by atoms with Crippen LogP contribution in [0, 0.1) is 13.8 Å². The lowest BCUT2D eigenvalue weighted by molar-refractivity contribution is 0.147. The van der Waals surface area contributed by atoms with Crippen molar-refractivity contribution in [2.45, 2.75) is 13.8 Å². The van der Waals surface area contributed by atoms with Crippen LogP contribution in [0.5, 0.6) is 11.5 Å². The molecule has 136 valence electrons. The van der Waals surface area contributed by atoms with Crippen LogP contribution in [0.4, 0.5) is 0 Å². The predicted molar refractivity (Wildman–Crippen MR) is 99.0 cm³/mol. The predicted octanol–water partition coefficient (Wildman–Crippen LogP) is 2.64. The average Bonchev–Trinajstić information content (AvgIpc) is 2.60. The van der Waals surface area contributed by atoms with E-state index in [1.807, 2.05) is 26.0 Å². The van der Waals surface area contributed by atoms with Gasteiger partial charge < -0.3 is 19.2 Å². The van der Waals surface area contributed by atoms with Crippen molar-refractivity contribution in [1.82, 2.24) is 15.0 Å². The summed E-state index contributed by atoms with van der Waals surface area (Å²) in [5.41, 5.74) is 2.75. The number of aromatic nitrogens is 3. The zero-order chi connectivity index (χ0) is 18.7. The molecule has 1 N–H and O–H groups in total. The maximum atomic E-state index is 12.7. The summed E-state index contributed by atoms with van der Waals surface area (Å²) in [5.74, 6) is 1.46. The number of pyridine rings is 1. The molecule has 0 radical (unpaired) electrons. The van der Waals surface area contributed by atoms with Crippen LogP contribution in [-0.4, -0.2) is 42.4 Å². The van der Waals surface area contributed by atoms with Gasteiger partial charge in [-0.3, -0.25) is 9.78 Å². The SMILES string of the molecule is COCCOc1cc(OC)cc2nc(-c3cc(C)nc(C)c3)[nH]c(=O)c12. The molecule has 26 heavy (non-hydrogen) atoms. The number of rotatable bonds is 6. The van der Waals surface area contributed by atoms with Crippen LogP contribution in [0.1, 0.15) is 11.4 Å². The average molecular weight is 355 g/mol. The van der Waals surface area contributed by atoms with E-state index in [1.54, 1.807) is 26.4 Å². The second-order valence-corrected chi connectivity index (χ2v) is 5.91. The Morgan fingerprint density at radius 3 is 2.38 bits per heavy atom. The van der Waals surface area contributed by atoms with Gasteiger partial charge in [-0.2, -0.15) is 0 Å². The number of benzene rings is 1. The summed E-state index contributed by atoms with van der Waals surface area (Å²) in [6, 6.07) is 7.16.